The summed E-state index contributed by atoms with van der Waals surface area (Å²) in [5, 5.41) is 6.34. The highest BCUT2D eigenvalue weighted by atomic mass is 35.5. The smallest absolute Gasteiger partial charge is 0.438 e. The summed E-state index contributed by atoms with van der Waals surface area (Å²) in [6, 6.07) is 25.4. The van der Waals surface area contributed by atoms with Crippen molar-refractivity contribution < 1.29 is 14.3 Å². The fraction of sp³-hybridized carbons (Fsp3) is 0.0476. The minimum atomic E-state index is -0.971. The van der Waals surface area contributed by atoms with Gasteiger partial charge in [0.25, 0.3) is 6.29 Å². The van der Waals surface area contributed by atoms with Crippen molar-refractivity contribution in [1.82, 2.24) is 0 Å². The second-order valence-electron chi connectivity index (χ2n) is 5.79. The molecule has 0 radical (unpaired) electrons. The number of ether oxygens (including phenoxy) is 2. The molecule has 1 atom stereocenters. The second-order valence-corrected chi connectivity index (χ2v) is 6.22. The Labute approximate surface area is 161 Å². The van der Waals surface area contributed by atoms with Gasteiger partial charge in [-0.05, 0) is 36.4 Å². The lowest BCUT2D eigenvalue weighted by molar-refractivity contribution is 0.0153. The highest BCUT2D eigenvalue weighted by molar-refractivity contribution is 6.30. The molecule has 3 aromatic rings. The average Bonchev–Trinajstić information content (AvgIpc) is 2.71. The number of carbonyl (C=O) groups is 1. The zero-order chi connectivity index (χ0) is 18.6. The molecule has 27 heavy (non-hydrogen) atoms. The highest BCUT2D eigenvalue weighted by Crippen LogP contribution is 2.25. The number of para-hydroxylation sites is 1. The van der Waals surface area contributed by atoms with E-state index < -0.39 is 12.4 Å². The van der Waals surface area contributed by atoms with Crippen molar-refractivity contribution in [1.29, 1.82) is 0 Å². The Balaban J connectivity index is 1.72. The molecule has 0 bridgehead atoms. The molecule has 1 aliphatic heterocycles. The van der Waals surface area contributed by atoms with Gasteiger partial charge >= 0.3 is 6.09 Å². The number of halogens is 1. The van der Waals surface area contributed by atoms with E-state index in [0.717, 1.165) is 5.56 Å². The van der Waals surface area contributed by atoms with Gasteiger partial charge in [-0.1, -0.05) is 60.1 Å². The van der Waals surface area contributed by atoms with E-state index in [4.69, 9.17) is 21.1 Å². The van der Waals surface area contributed by atoms with Gasteiger partial charge in [0.1, 0.15) is 11.5 Å². The minimum Gasteiger partial charge on any atom is -0.449 e. The van der Waals surface area contributed by atoms with E-state index in [1.54, 1.807) is 36.4 Å². The second kappa shape index (κ2) is 7.51. The Morgan fingerprint density at radius 1 is 0.889 bits per heavy atom. The van der Waals surface area contributed by atoms with Crippen LogP contribution in [0.15, 0.2) is 90.0 Å². The molecule has 1 amide bonds. The molecule has 3 aromatic carbocycles. The molecular formula is C21H15ClN2O3. The first kappa shape index (κ1) is 17.1. The maximum Gasteiger partial charge on any atom is 0.438 e. The van der Waals surface area contributed by atoms with Crippen molar-refractivity contribution in [2.24, 2.45) is 5.10 Å². The largest absolute Gasteiger partial charge is 0.449 e. The van der Waals surface area contributed by atoms with E-state index in [1.165, 1.54) is 5.01 Å². The number of hydrazone groups is 1. The first-order valence-electron chi connectivity index (χ1n) is 8.32. The lowest BCUT2D eigenvalue weighted by atomic mass is 10.1. The maximum atomic E-state index is 12.5. The topological polar surface area (TPSA) is 51.1 Å². The van der Waals surface area contributed by atoms with E-state index in [0.29, 0.717) is 22.2 Å². The van der Waals surface area contributed by atoms with E-state index >= 15 is 0 Å². The predicted molar refractivity (Wildman–Crippen MR) is 104 cm³/mol. The van der Waals surface area contributed by atoms with Gasteiger partial charge in [-0.2, -0.15) is 10.1 Å². The number of hydrogen-bond donors (Lipinski definition) is 0. The fourth-order valence-electron chi connectivity index (χ4n) is 2.64. The van der Waals surface area contributed by atoms with Crippen molar-refractivity contribution in [2.45, 2.75) is 6.29 Å². The highest BCUT2D eigenvalue weighted by Gasteiger charge is 2.34. The van der Waals surface area contributed by atoms with Gasteiger partial charge in [0.2, 0.25) is 0 Å². The molecule has 0 saturated carbocycles. The molecule has 1 heterocycles. The van der Waals surface area contributed by atoms with Crippen LogP contribution in [0, 0.1) is 0 Å². The van der Waals surface area contributed by atoms with Gasteiger partial charge in [-0.25, -0.2) is 4.79 Å². The van der Waals surface area contributed by atoms with Crippen molar-refractivity contribution in [3.05, 3.63) is 95.5 Å². The monoisotopic (exact) mass is 378 g/mol. The standard InChI is InChI=1S/C21H15ClN2O3/c22-16-11-13-18(14-12-16)26-20-19(15-7-3-1-4-8-15)23-24(21(25)27-20)17-9-5-2-6-10-17/h1-14,20H. The van der Waals surface area contributed by atoms with Crippen LogP contribution in [0.5, 0.6) is 5.75 Å². The Morgan fingerprint density at radius 2 is 1.52 bits per heavy atom. The van der Waals surface area contributed by atoms with Crippen LogP contribution in [0.4, 0.5) is 10.5 Å². The van der Waals surface area contributed by atoms with Gasteiger partial charge in [0.05, 0.1) is 5.69 Å². The first-order chi connectivity index (χ1) is 13.2. The molecule has 5 nitrogen and oxygen atoms in total. The molecular weight excluding hydrogens is 364 g/mol. The number of hydrogen-bond acceptors (Lipinski definition) is 4. The number of carbonyl (C=O) groups excluding carboxylic acids is 1. The van der Waals surface area contributed by atoms with Crippen LogP contribution in [-0.4, -0.2) is 18.1 Å². The fourth-order valence-corrected chi connectivity index (χ4v) is 2.77. The molecule has 0 N–H and O–H groups in total. The quantitative estimate of drug-likeness (QED) is 0.634. The van der Waals surface area contributed by atoms with Gasteiger partial charge < -0.3 is 9.47 Å². The molecule has 0 saturated heterocycles. The number of nitrogens with zero attached hydrogens (tertiary/aromatic N) is 2. The van der Waals surface area contributed by atoms with Crippen LogP contribution in [0.1, 0.15) is 5.56 Å². The summed E-state index contributed by atoms with van der Waals surface area (Å²) in [4.78, 5) is 12.5. The maximum absolute atomic E-state index is 12.5. The van der Waals surface area contributed by atoms with Gasteiger partial charge in [-0.3, -0.25) is 0 Å². The molecule has 0 aromatic heterocycles. The lowest BCUT2D eigenvalue weighted by Crippen LogP contribution is -2.44. The summed E-state index contributed by atoms with van der Waals surface area (Å²) in [6.07, 6.45) is -1.58. The van der Waals surface area contributed by atoms with E-state index in [2.05, 4.69) is 5.10 Å². The number of rotatable bonds is 4. The van der Waals surface area contributed by atoms with E-state index in [-0.39, 0.29) is 0 Å². The van der Waals surface area contributed by atoms with Crippen molar-refractivity contribution in [3.63, 3.8) is 0 Å². The van der Waals surface area contributed by atoms with Crippen molar-refractivity contribution >= 4 is 29.1 Å². The summed E-state index contributed by atoms with van der Waals surface area (Å²) in [5.41, 5.74) is 1.90. The van der Waals surface area contributed by atoms with Crippen LogP contribution < -0.4 is 9.75 Å². The summed E-state index contributed by atoms with van der Waals surface area (Å²) < 4.78 is 11.4. The molecule has 6 heteroatoms. The summed E-state index contributed by atoms with van der Waals surface area (Å²) >= 11 is 5.92. The van der Waals surface area contributed by atoms with Gasteiger partial charge in [-0.15, -0.1) is 0 Å². The molecule has 4 rings (SSSR count). The van der Waals surface area contributed by atoms with Crippen LogP contribution in [-0.2, 0) is 4.74 Å². The summed E-state index contributed by atoms with van der Waals surface area (Å²) in [5.74, 6) is 0.522. The van der Waals surface area contributed by atoms with Crippen molar-refractivity contribution in [3.8, 4) is 5.75 Å². The van der Waals surface area contributed by atoms with Crippen LogP contribution in [0.25, 0.3) is 0 Å². The molecule has 134 valence electrons. The zero-order valence-corrected chi connectivity index (χ0v) is 14.9. The van der Waals surface area contributed by atoms with Gasteiger partial charge in [0.15, 0.2) is 0 Å². The van der Waals surface area contributed by atoms with Crippen molar-refractivity contribution in [2.75, 3.05) is 5.01 Å². The van der Waals surface area contributed by atoms with Crippen LogP contribution >= 0.6 is 11.6 Å². The molecule has 0 spiro atoms. The summed E-state index contributed by atoms with van der Waals surface area (Å²) in [7, 11) is 0. The lowest BCUT2D eigenvalue weighted by Gasteiger charge is -2.29. The van der Waals surface area contributed by atoms with Crippen LogP contribution in [0.3, 0.4) is 0 Å². The van der Waals surface area contributed by atoms with Crippen LogP contribution in [0.2, 0.25) is 5.02 Å². The number of cyclic esters (lactones) is 1. The van der Waals surface area contributed by atoms with E-state index in [9.17, 15) is 4.79 Å². The Morgan fingerprint density at radius 3 is 2.19 bits per heavy atom. The Kier molecular flexibility index (Phi) is 4.77. The number of amides is 1. The van der Waals surface area contributed by atoms with Gasteiger partial charge in [0, 0.05) is 10.6 Å². The first-order valence-corrected chi connectivity index (χ1v) is 8.70. The Hall–Kier alpha value is -3.31. The molecule has 1 unspecified atom stereocenters. The van der Waals surface area contributed by atoms with E-state index in [1.807, 2.05) is 48.5 Å². The third-order valence-electron chi connectivity index (χ3n) is 3.94. The SMILES string of the molecule is O=C1OC(Oc2ccc(Cl)cc2)C(c2ccccc2)=NN1c1ccccc1. The minimum absolute atomic E-state index is 0.494. The third kappa shape index (κ3) is 3.78. The number of anilines is 1. The molecule has 1 aliphatic rings. The third-order valence-corrected chi connectivity index (χ3v) is 4.19. The average molecular weight is 379 g/mol. The molecule has 0 aliphatic carbocycles. The Bertz CT molecular complexity index is 960. The normalized spacial score (nSPS) is 16.5. The molecule has 0 fully saturated rings. The summed E-state index contributed by atoms with van der Waals surface area (Å²) in [6.45, 7) is 0. The number of benzene rings is 3. The predicted octanol–water partition coefficient (Wildman–Crippen LogP) is 5.11. The zero-order valence-electron chi connectivity index (χ0n) is 14.2.